The van der Waals surface area contributed by atoms with Crippen molar-refractivity contribution in [2.24, 2.45) is 5.10 Å². The summed E-state index contributed by atoms with van der Waals surface area (Å²) in [5, 5.41) is 28.8. The highest BCUT2D eigenvalue weighted by Crippen LogP contribution is 2.34. The summed E-state index contributed by atoms with van der Waals surface area (Å²) in [6, 6.07) is 13.3. The number of carbonyl (C=O) groups excluding carboxylic acids is 2. The van der Waals surface area contributed by atoms with E-state index in [1.54, 1.807) is 57.8 Å². The van der Waals surface area contributed by atoms with Crippen LogP contribution in [0.1, 0.15) is 85.5 Å². The molecule has 0 aliphatic carbocycles. The highest BCUT2D eigenvalue weighted by Gasteiger charge is 2.19. The van der Waals surface area contributed by atoms with Gasteiger partial charge in [-0.15, -0.1) is 5.10 Å². The average molecular weight is 939 g/mol. The fourth-order valence-corrected chi connectivity index (χ4v) is 6.96. The molecule has 0 unspecified atom stereocenters. The van der Waals surface area contributed by atoms with Gasteiger partial charge in [-0.25, -0.2) is 19.6 Å². The number of aromatic nitrogens is 5. The Morgan fingerprint density at radius 2 is 1.32 bits per heavy atom. The van der Waals surface area contributed by atoms with Gasteiger partial charge in [-0.2, -0.15) is 20.3 Å². The number of amides is 2. The third-order valence-electron chi connectivity index (χ3n) is 8.82. The Labute approximate surface area is 381 Å². The van der Waals surface area contributed by atoms with E-state index in [-0.39, 0.29) is 24.1 Å². The third-order valence-corrected chi connectivity index (χ3v) is 10.2. The number of nitriles is 2. The molecule has 17 nitrogen and oxygen atoms in total. The molecule has 0 aliphatic rings. The van der Waals surface area contributed by atoms with E-state index >= 15 is 0 Å². The van der Waals surface area contributed by atoms with E-state index in [4.69, 9.17) is 66.4 Å². The van der Waals surface area contributed by atoms with Gasteiger partial charge in [0.25, 0.3) is 11.5 Å². The first-order chi connectivity index (χ1) is 29.9. The van der Waals surface area contributed by atoms with E-state index in [9.17, 15) is 19.2 Å². The normalized spacial score (nSPS) is 10.9. The molecule has 63 heavy (non-hydrogen) atoms. The predicted octanol–water partition coefficient (Wildman–Crippen LogP) is 7.89. The Balaban J connectivity index is 0.000000278. The number of nitrogens with one attached hydrogen (secondary N) is 3. The fourth-order valence-electron chi connectivity index (χ4n) is 5.73. The Hall–Kier alpha value is -6.50. The Bertz CT molecular complexity index is 2710. The molecular weight excluding hydrogens is 898 g/mol. The summed E-state index contributed by atoms with van der Waals surface area (Å²) in [6.45, 7) is 9.84. The van der Waals surface area contributed by atoms with Gasteiger partial charge in [-0.3, -0.25) is 25.3 Å². The molecule has 328 valence electrons. The van der Waals surface area contributed by atoms with Crippen LogP contribution in [0.15, 0.2) is 63.5 Å². The smallest absolute Gasteiger partial charge is 0.414 e. The fraction of sp³-hybridized carbons (Fsp3) is 0.286. The van der Waals surface area contributed by atoms with E-state index < -0.39 is 34.7 Å². The molecule has 21 heteroatoms. The first-order valence-electron chi connectivity index (χ1n) is 18.8. The molecular formula is C42H40Cl4N10O7. The molecule has 0 fully saturated rings. The number of methoxy groups -OCH3 is 2. The van der Waals surface area contributed by atoms with Crippen LogP contribution >= 0.6 is 46.4 Å². The van der Waals surface area contributed by atoms with Crippen molar-refractivity contribution in [2.75, 3.05) is 26.3 Å². The number of anilines is 1. The van der Waals surface area contributed by atoms with Crippen LogP contribution in [0, 0.1) is 22.7 Å². The van der Waals surface area contributed by atoms with Crippen molar-refractivity contribution in [1.29, 1.82) is 10.5 Å². The minimum absolute atomic E-state index is 0.0745. The molecule has 3 aromatic heterocycles. The number of aromatic amines is 1. The Kier molecular flexibility index (Phi) is 17.6. The molecule has 0 aliphatic heterocycles. The SMILES string of the molecule is CCOC(=O)NC(=O)/C(C#N)=N\Nc1cc(Cl)c(Cc2cnc(OC)c(C(C)C)c2)c(Cl)c1.COc1ncc(Cc2c(Cl)cc(-n3nc(C#N)c(=O)[nH]c3=O)cc2Cl)cc1C(C)C. The molecule has 5 aromatic rings. The van der Waals surface area contributed by atoms with Gasteiger partial charge < -0.3 is 14.2 Å². The monoisotopic (exact) mass is 936 g/mol. The van der Waals surface area contributed by atoms with Crippen molar-refractivity contribution < 1.29 is 23.8 Å². The number of ether oxygens (including phenoxy) is 3. The summed E-state index contributed by atoms with van der Waals surface area (Å²) in [6.07, 6.45) is 3.26. The van der Waals surface area contributed by atoms with Crippen molar-refractivity contribution in [3.63, 3.8) is 0 Å². The van der Waals surface area contributed by atoms with Crippen molar-refractivity contribution in [1.82, 2.24) is 30.0 Å². The van der Waals surface area contributed by atoms with Crippen LogP contribution in [-0.2, 0) is 22.4 Å². The minimum atomic E-state index is -1.01. The lowest BCUT2D eigenvalue weighted by molar-refractivity contribution is -0.114. The molecule has 0 spiro atoms. The number of hydrazone groups is 1. The molecule has 0 atom stereocenters. The number of hydrogen-bond donors (Lipinski definition) is 3. The highest BCUT2D eigenvalue weighted by molar-refractivity contribution is 6.47. The Morgan fingerprint density at radius 1 is 0.825 bits per heavy atom. The third kappa shape index (κ3) is 12.8. The summed E-state index contributed by atoms with van der Waals surface area (Å²) in [5.41, 5.74) is 5.48. The van der Waals surface area contributed by atoms with Crippen LogP contribution in [-0.4, -0.2) is 63.3 Å². The maximum absolute atomic E-state index is 12.1. The van der Waals surface area contributed by atoms with Crippen LogP contribution < -0.4 is 31.5 Å². The lowest BCUT2D eigenvalue weighted by Gasteiger charge is -2.14. The summed E-state index contributed by atoms with van der Waals surface area (Å²) in [5.74, 6) is 0.568. The van der Waals surface area contributed by atoms with E-state index in [1.165, 1.54) is 12.1 Å². The van der Waals surface area contributed by atoms with E-state index in [0.717, 1.165) is 26.9 Å². The largest absolute Gasteiger partial charge is 0.481 e. The second-order valence-corrected chi connectivity index (χ2v) is 15.5. The molecule has 0 bridgehead atoms. The van der Waals surface area contributed by atoms with Gasteiger partial charge in [0.15, 0.2) is 0 Å². The second kappa shape index (κ2) is 22.6. The van der Waals surface area contributed by atoms with E-state index in [1.807, 2.05) is 50.1 Å². The maximum atomic E-state index is 12.1. The van der Waals surface area contributed by atoms with Crippen molar-refractivity contribution in [2.45, 2.75) is 59.3 Å². The number of nitrogens with zero attached hydrogens (tertiary/aromatic N) is 7. The van der Waals surface area contributed by atoms with Gasteiger partial charge in [0.1, 0.15) is 12.1 Å². The van der Waals surface area contributed by atoms with Crippen molar-refractivity contribution >= 4 is 69.8 Å². The molecule has 0 saturated carbocycles. The van der Waals surface area contributed by atoms with Gasteiger partial charge in [0.2, 0.25) is 23.2 Å². The number of benzene rings is 2. The summed E-state index contributed by atoms with van der Waals surface area (Å²) >= 11 is 25.8. The molecule has 0 saturated heterocycles. The maximum Gasteiger partial charge on any atom is 0.414 e. The van der Waals surface area contributed by atoms with E-state index in [2.05, 4.69) is 30.3 Å². The number of carbonyl (C=O) groups is 2. The van der Waals surface area contributed by atoms with Gasteiger partial charge in [0.05, 0.1) is 32.2 Å². The van der Waals surface area contributed by atoms with Gasteiger partial charge in [-0.1, -0.05) is 74.1 Å². The molecule has 3 N–H and O–H groups in total. The molecule has 2 amide bonds. The molecule has 2 aromatic carbocycles. The van der Waals surface area contributed by atoms with Crippen LogP contribution in [0.25, 0.3) is 5.69 Å². The zero-order valence-corrected chi connectivity index (χ0v) is 37.9. The molecule has 3 heterocycles. The minimum Gasteiger partial charge on any atom is -0.481 e. The second-order valence-electron chi connectivity index (χ2n) is 13.8. The topological polar surface area (TPSA) is 239 Å². The first kappa shape index (κ1) is 49.2. The van der Waals surface area contributed by atoms with Gasteiger partial charge in [0, 0.05) is 56.5 Å². The highest BCUT2D eigenvalue weighted by atomic mass is 35.5. The van der Waals surface area contributed by atoms with Crippen LogP contribution in [0.2, 0.25) is 20.1 Å². The number of alkyl carbamates (subject to hydrolysis) is 1. The Morgan fingerprint density at radius 3 is 1.75 bits per heavy atom. The first-order valence-corrected chi connectivity index (χ1v) is 20.3. The van der Waals surface area contributed by atoms with Crippen LogP contribution in [0.4, 0.5) is 10.5 Å². The number of imide groups is 1. The summed E-state index contributed by atoms with van der Waals surface area (Å²) < 4.78 is 16.1. The number of hydrogen-bond acceptors (Lipinski definition) is 14. The molecule has 5 rings (SSSR count). The number of rotatable bonds is 13. The zero-order chi connectivity index (χ0) is 46.5. The lowest BCUT2D eigenvalue weighted by Crippen LogP contribution is -2.36. The number of halogens is 4. The lowest BCUT2D eigenvalue weighted by atomic mass is 9.99. The van der Waals surface area contributed by atoms with E-state index in [0.29, 0.717) is 61.5 Å². The number of H-pyrrole nitrogens is 1. The van der Waals surface area contributed by atoms with Gasteiger partial charge in [-0.05, 0) is 77.4 Å². The predicted molar refractivity (Wildman–Crippen MR) is 239 cm³/mol. The number of pyridine rings is 2. The van der Waals surface area contributed by atoms with Crippen LogP contribution in [0.5, 0.6) is 11.8 Å². The summed E-state index contributed by atoms with van der Waals surface area (Å²) in [4.78, 5) is 57.6. The van der Waals surface area contributed by atoms with Gasteiger partial charge >= 0.3 is 11.8 Å². The van der Waals surface area contributed by atoms with Crippen LogP contribution in [0.3, 0.4) is 0 Å². The summed E-state index contributed by atoms with van der Waals surface area (Å²) in [7, 11) is 3.15. The quantitative estimate of drug-likeness (QED) is 0.0753. The molecule has 0 radical (unpaired) electrons. The van der Waals surface area contributed by atoms with Crippen molar-refractivity contribution in [3.05, 3.63) is 129 Å². The van der Waals surface area contributed by atoms with Crippen molar-refractivity contribution in [3.8, 4) is 29.6 Å². The standard InChI is InChI=1S/C22H23Cl2N5O4.C20H17Cl2N5O3/c1-5-33-22(31)27-20(30)19(10-25)29-28-14-8-17(23)16(18(24)9-14)7-13-6-15(12(2)3)21(32-4)26-11-13;1-10(2)13-4-11(9-24-19(13)30-3)5-14-15(21)6-12(7-16(14)22)27-20(29)25-18(28)17(8-23)26-27/h6,8-9,11-12,28H,5,7H2,1-4H3,(H,27,30,31);4,6-7,9-10H,5H2,1-3H3,(H,25,28,29)/b29-19-;. The zero-order valence-electron chi connectivity index (χ0n) is 34.9. The average Bonchev–Trinajstić information content (AvgIpc) is 3.23.